The molecule has 0 radical (unpaired) electrons. The molecule has 1 aromatic heterocycles. The lowest BCUT2D eigenvalue weighted by Crippen LogP contribution is -2.55. The second kappa shape index (κ2) is 8.04. The van der Waals surface area contributed by atoms with Crippen molar-refractivity contribution >= 4 is 45.9 Å². The van der Waals surface area contributed by atoms with Crippen molar-refractivity contribution in [1.82, 2.24) is 15.2 Å². The quantitative estimate of drug-likeness (QED) is 0.535. The van der Waals surface area contributed by atoms with Gasteiger partial charge in [-0.3, -0.25) is 10.1 Å². The highest BCUT2D eigenvalue weighted by Crippen LogP contribution is 2.32. The number of hydrogen-bond acceptors (Lipinski definition) is 7. The van der Waals surface area contributed by atoms with Gasteiger partial charge in [0.15, 0.2) is 5.13 Å². The lowest BCUT2D eigenvalue weighted by Gasteiger charge is -2.31. The highest BCUT2D eigenvalue weighted by molar-refractivity contribution is 8.05. The summed E-state index contributed by atoms with van der Waals surface area (Å²) in [6, 6.07) is 0.163. The highest BCUT2D eigenvalue weighted by Gasteiger charge is 2.44. The van der Waals surface area contributed by atoms with E-state index in [2.05, 4.69) is 22.2 Å². The molecule has 1 atom stereocenters. The van der Waals surface area contributed by atoms with Gasteiger partial charge in [0.25, 0.3) is 0 Å². The van der Waals surface area contributed by atoms with Crippen molar-refractivity contribution < 1.29 is 9.59 Å². The maximum absolute atomic E-state index is 12.7. The smallest absolute Gasteiger partial charge is 0.324 e. The molecule has 3 amide bonds. The third-order valence-electron chi connectivity index (χ3n) is 4.96. The molecule has 1 aromatic rings. The van der Waals surface area contributed by atoms with Gasteiger partial charge in [-0.25, -0.2) is 9.78 Å². The van der Waals surface area contributed by atoms with Crippen LogP contribution in [0.15, 0.2) is 17.0 Å². The van der Waals surface area contributed by atoms with E-state index < -0.39 is 11.4 Å². The molecule has 1 saturated carbocycles. The summed E-state index contributed by atoms with van der Waals surface area (Å²) in [4.78, 5) is 31.1. The molecule has 0 unspecified atom stereocenters. The number of carbonyl (C=O) groups excluding carboxylic acids is 2. The molecule has 1 aliphatic heterocycles. The maximum atomic E-state index is 12.7. The number of amides is 3. The van der Waals surface area contributed by atoms with Gasteiger partial charge in [0, 0.05) is 18.0 Å². The number of thiazole rings is 1. The minimum atomic E-state index is -0.969. The molecule has 2 aliphatic rings. The summed E-state index contributed by atoms with van der Waals surface area (Å²) < 4.78 is 0. The fraction of sp³-hybridized carbons (Fsp3) is 0.500. The Morgan fingerprint density at radius 2 is 2.14 bits per heavy atom. The third-order valence-corrected chi connectivity index (χ3v) is 6.86. The zero-order valence-corrected chi connectivity index (χ0v) is 17.7. The van der Waals surface area contributed by atoms with Crippen LogP contribution in [0.5, 0.6) is 0 Å². The van der Waals surface area contributed by atoms with Crippen LogP contribution in [0.25, 0.3) is 5.70 Å². The molecular weight excluding hydrogens is 396 g/mol. The number of nitrogens with one attached hydrogen (secondary N) is 2. The topological polar surface area (TPSA) is 126 Å². The minimum absolute atomic E-state index is 0.377. The van der Waals surface area contributed by atoms with E-state index in [0.29, 0.717) is 29.8 Å². The Bertz CT molecular complexity index is 832. The number of thioether (sulfide) groups is 1. The van der Waals surface area contributed by atoms with E-state index in [4.69, 9.17) is 11.5 Å². The summed E-state index contributed by atoms with van der Waals surface area (Å²) in [5, 5.41) is 9.21. The van der Waals surface area contributed by atoms with Crippen molar-refractivity contribution in [2.45, 2.75) is 51.1 Å². The average molecular weight is 423 g/mol. The van der Waals surface area contributed by atoms with Crippen LogP contribution in [0.2, 0.25) is 0 Å². The van der Waals surface area contributed by atoms with Gasteiger partial charge >= 0.3 is 6.03 Å². The number of primary amides is 1. The van der Waals surface area contributed by atoms with Gasteiger partial charge in [-0.1, -0.05) is 29.7 Å². The Morgan fingerprint density at radius 3 is 2.79 bits per heavy atom. The summed E-state index contributed by atoms with van der Waals surface area (Å²) in [6.45, 7) is 8.00. The van der Waals surface area contributed by atoms with Crippen molar-refractivity contribution in [3.63, 3.8) is 0 Å². The Morgan fingerprint density at radius 1 is 1.43 bits per heavy atom. The molecule has 2 fully saturated rings. The zero-order chi connectivity index (χ0) is 20.5. The number of anilines is 1. The maximum Gasteiger partial charge on any atom is 0.324 e. The summed E-state index contributed by atoms with van der Waals surface area (Å²) in [5.74, 6) is -0.500. The molecule has 6 N–H and O–H groups in total. The standard InChI is InChI=1S/C18H26N6O2S2/c1-10-14(13(19)9-27-11(2)22-12-5-6-12)28-16(21-10)23-17(26)24-8-4-7-18(24,3)15(20)25/h9,12,22H,2,4-8,19H2,1,3H3,(H2,20,25)(H,21,23,26)/b13-9-/t18-/m0/s1. The predicted molar refractivity (Wildman–Crippen MR) is 114 cm³/mol. The van der Waals surface area contributed by atoms with Crippen molar-refractivity contribution in [3.8, 4) is 0 Å². The number of aryl methyl sites for hydroxylation is 1. The molecule has 1 saturated heterocycles. The van der Waals surface area contributed by atoms with Gasteiger partial charge in [-0.05, 0) is 39.5 Å². The fourth-order valence-electron chi connectivity index (χ4n) is 3.10. The van der Waals surface area contributed by atoms with E-state index in [0.717, 1.165) is 22.0 Å². The summed E-state index contributed by atoms with van der Waals surface area (Å²) in [5.41, 5.74) is 12.0. The van der Waals surface area contributed by atoms with Crippen LogP contribution in [0, 0.1) is 6.92 Å². The summed E-state index contributed by atoms with van der Waals surface area (Å²) in [6.07, 6.45) is 3.66. The number of nitrogens with two attached hydrogens (primary N) is 2. The lowest BCUT2D eigenvalue weighted by molar-refractivity contribution is -0.126. The molecule has 1 aliphatic carbocycles. The Balaban J connectivity index is 1.65. The first-order chi connectivity index (χ1) is 13.2. The van der Waals surface area contributed by atoms with Crippen LogP contribution in [-0.4, -0.2) is 39.9 Å². The number of rotatable bonds is 7. The van der Waals surface area contributed by atoms with Gasteiger partial charge in [-0.2, -0.15) is 0 Å². The van der Waals surface area contributed by atoms with Crippen molar-refractivity contribution in [2.75, 3.05) is 11.9 Å². The number of urea groups is 1. The van der Waals surface area contributed by atoms with Gasteiger partial charge in [0.2, 0.25) is 5.91 Å². The molecule has 3 rings (SSSR count). The van der Waals surface area contributed by atoms with Crippen LogP contribution in [0.3, 0.4) is 0 Å². The molecule has 28 heavy (non-hydrogen) atoms. The Labute approximate surface area is 172 Å². The van der Waals surface area contributed by atoms with Crippen LogP contribution < -0.4 is 22.1 Å². The van der Waals surface area contributed by atoms with E-state index in [1.165, 1.54) is 40.8 Å². The monoisotopic (exact) mass is 422 g/mol. The first kappa shape index (κ1) is 20.5. The molecule has 0 spiro atoms. The van der Waals surface area contributed by atoms with E-state index in [-0.39, 0.29) is 6.03 Å². The molecule has 10 heteroatoms. The van der Waals surface area contributed by atoms with E-state index >= 15 is 0 Å². The van der Waals surface area contributed by atoms with Gasteiger partial charge in [0.1, 0.15) is 5.54 Å². The largest absolute Gasteiger partial charge is 0.397 e. The minimum Gasteiger partial charge on any atom is -0.397 e. The Kier molecular flexibility index (Phi) is 5.90. The van der Waals surface area contributed by atoms with Crippen LogP contribution >= 0.6 is 23.1 Å². The Hall–Kier alpha value is -2.20. The van der Waals surface area contributed by atoms with Crippen LogP contribution in [-0.2, 0) is 4.79 Å². The second-order valence-corrected chi connectivity index (χ2v) is 9.25. The lowest BCUT2D eigenvalue weighted by atomic mass is 9.98. The molecule has 152 valence electrons. The molecule has 2 heterocycles. The van der Waals surface area contributed by atoms with Gasteiger partial charge < -0.3 is 21.7 Å². The SMILES string of the molecule is C=C(NC1CC1)S/C=C(\N)c1sc(NC(=O)N2CCC[C@@]2(C)C(N)=O)nc1C. The van der Waals surface area contributed by atoms with Gasteiger partial charge in [0.05, 0.1) is 21.3 Å². The number of likely N-dealkylation sites (tertiary alicyclic amines) is 1. The predicted octanol–water partition coefficient (Wildman–Crippen LogP) is 2.54. The first-order valence-corrected chi connectivity index (χ1v) is 10.8. The molecule has 8 nitrogen and oxygen atoms in total. The number of carbonyl (C=O) groups is 2. The van der Waals surface area contributed by atoms with Crippen molar-refractivity contribution in [3.05, 3.63) is 27.6 Å². The summed E-state index contributed by atoms with van der Waals surface area (Å²) in [7, 11) is 0. The average Bonchev–Trinajstić information content (AvgIpc) is 3.22. The zero-order valence-electron chi connectivity index (χ0n) is 16.1. The number of hydrogen-bond donors (Lipinski definition) is 4. The van der Waals surface area contributed by atoms with Crippen molar-refractivity contribution in [1.29, 1.82) is 0 Å². The number of nitrogens with zero attached hydrogens (tertiary/aromatic N) is 2. The molecule has 0 aromatic carbocycles. The van der Waals surface area contributed by atoms with Gasteiger partial charge in [-0.15, -0.1) is 0 Å². The third kappa shape index (κ3) is 4.44. The normalized spacial score (nSPS) is 22.2. The second-order valence-electron chi connectivity index (χ2n) is 7.29. The van der Waals surface area contributed by atoms with Crippen LogP contribution in [0.1, 0.15) is 43.2 Å². The fourth-order valence-corrected chi connectivity index (χ4v) is 4.68. The van der Waals surface area contributed by atoms with E-state index in [1.807, 2.05) is 12.3 Å². The van der Waals surface area contributed by atoms with E-state index in [1.54, 1.807) is 6.92 Å². The highest BCUT2D eigenvalue weighted by atomic mass is 32.2. The van der Waals surface area contributed by atoms with E-state index in [9.17, 15) is 9.59 Å². The first-order valence-electron chi connectivity index (χ1n) is 9.15. The van der Waals surface area contributed by atoms with Crippen LogP contribution in [0.4, 0.5) is 9.93 Å². The molecule has 0 bridgehead atoms. The van der Waals surface area contributed by atoms with Crippen molar-refractivity contribution in [2.24, 2.45) is 11.5 Å². The number of aromatic nitrogens is 1. The molecular formula is C18H26N6O2S2. The summed E-state index contributed by atoms with van der Waals surface area (Å²) >= 11 is 2.74.